The zero-order valence-corrected chi connectivity index (χ0v) is 37.6. The molecule has 0 radical (unpaired) electrons. The van der Waals surface area contributed by atoms with E-state index in [0.717, 1.165) is 67.5 Å². The Hall–Kier alpha value is -10.4. The molecule has 2 aliphatic heterocycles. The van der Waals surface area contributed by atoms with Crippen LogP contribution in [-0.4, -0.2) is 29.8 Å². The van der Waals surface area contributed by atoms with Crippen LogP contribution in [0.2, 0.25) is 0 Å². The second kappa shape index (κ2) is 18.7. The molecule has 0 amide bonds. The van der Waals surface area contributed by atoms with Gasteiger partial charge in [-0.1, -0.05) is 121 Å². The Labute approximate surface area is 407 Å². The first kappa shape index (κ1) is 43.2. The molecule has 71 heavy (non-hydrogen) atoms. The van der Waals surface area contributed by atoms with Gasteiger partial charge in [-0.15, -0.1) is 0 Å². The lowest BCUT2D eigenvalue weighted by Crippen LogP contribution is -2.09. The lowest BCUT2D eigenvalue weighted by atomic mass is 10.0. The predicted octanol–water partition coefficient (Wildman–Crippen LogP) is 14.1. The van der Waals surface area contributed by atoms with Crippen molar-refractivity contribution in [2.45, 2.75) is 0 Å². The van der Waals surface area contributed by atoms with Crippen molar-refractivity contribution >= 4 is 74.8 Å². The average Bonchev–Trinajstić information content (AvgIpc) is 4.27. The zero-order chi connectivity index (χ0) is 48.3. The Kier molecular flexibility index (Phi) is 11.4. The normalized spacial score (nSPS) is 11.3. The molecule has 6 aromatic carbocycles. The largest absolute Gasteiger partial charge is 0.354 e. The van der Waals surface area contributed by atoms with Crippen molar-refractivity contribution < 1.29 is 9.85 Å². The molecule has 0 fully saturated rings. The van der Waals surface area contributed by atoms with Crippen LogP contribution in [0.1, 0.15) is 45.0 Å². The van der Waals surface area contributed by atoms with Crippen LogP contribution < -0.4 is 4.90 Å². The first-order valence-electron chi connectivity index (χ1n) is 22.6. The summed E-state index contributed by atoms with van der Waals surface area (Å²) in [5.74, 6) is 13.1. The second-order valence-electron chi connectivity index (χ2n) is 16.5. The topological polar surface area (TPSA) is 147 Å². The number of para-hydroxylation sites is 2. The van der Waals surface area contributed by atoms with Crippen LogP contribution in [0.5, 0.6) is 0 Å². The highest BCUT2D eigenvalue weighted by Gasteiger charge is 2.21. The van der Waals surface area contributed by atoms with Gasteiger partial charge in [0, 0.05) is 50.9 Å². The molecule has 9 aromatic rings. The monoisotopic (exact) mass is 919 g/mol. The van der Waals surface area contributed by atoms with E-state index < -0.39 is 21.2 Å². The number of nitrogens with one attached hydrogen (secondary N) is 2. The number of non-ortho nitro benzene ring substituents is 1. The van der Waals surface area contributed by atoms with Crippen molar-refractivity contribution in [3.8, 4) is 45.9 Å². The molecule has 5 heterocycles. The van der Waals surface area contributed by atoms with Crippen LogP contribution in [0.15, 0.2) is 188 Å². The van der Waals surface area contributed by atoms with Gasteiger partial charge in [-0.2, -0.15) is 0 Å². The van der Waals surface area contributed by atoms with Crippen LogP contribution in [0.4, 0.5) is 28.4 Å². The van der Waals surface area contributed by atoms with Gasteiger partial charge in [0.25, 0.3) is 11.4 Å². The number of aromatic amines is 2. The maximum atomic E-state index is 12.2. The minimum atomic E-state index is -0.672. The standard InChI is InChI=1S/C60H37N7O4/c68-66(69)47-28-24-41(58(39-47)67(70)71)25-30-49-52-33-37-56(63-52)59(42-13-5-1-6-14-42)54-35-31-50(61-54)48(51-32-36-55(62-51)60(43-15-7-2-8-16-43)57-38-34-53(49)64-57)29-23-40-21-26-46(27-22-40)65(44-17-9-3-10-18-44)45-19-11-4-12-20-45/h1-22,24,26-28,31-39,61,63H. The quantitative estimate of drug-likeness (QED) is 0.0919. The summed E-state index contributed by atoms with van der Waals surface area (Å²) in [5.41, 5.74) is 13.1. The molecule has 0 atom stereocenters. The molecule has 11 heteroatoms. The maximum absolute atomic E-state index is 12.2. The molecule has 0 unspecified atom stereocenters. The number of fused-ring (bicyclic) bond motifs is 8. The summed E-state index contributed by atoms with van der Waals surface area (Å²) < 4.78 is 0. The van der Waals surface area contributed by atoms with E-state index in [4.69, 9.17) is 9.97 Å². The highest BCUT2D eigenvalue weighted by molar-refractivity contribution is 5.96. The van der Waals surface area contributed by atoms with Crippen molar-refractivity contribution in [3.63, 3.8) is 0 Å². The number of H-pyrrole nitrogens is 2. The fraction of sp³-hybridized carbons (Fsp3) is 0. The van der Waals surface area contributed by atoms with Gasteiger partial charge in [0.1, 0.15) is 5.56 Å². The van der Waals surface area contributed by atoms with Crippen LogP contribution >= 0.6 is 0 Å². The summed E-state index contributed by atoms with van der Waals surface area (Å²) in [6, 6.07) is 60.0. The van der Waals surface area contributed by atoms with Gasteiger partial charge in [0.05, 0.1) is 60.8 Å². The molecular formula is C60H37N7O4. The Bertz CT molecular complexity index is 3900. The number of nitro groups is 2. The minimum absolute atomic E-state index is 0.0178. The minimum Gasteiger partial charge on any atom is -0.354 e. The number of benzene rings is 6. The lowest BCUT2D eigenvalue weighted by Gasteiger charge is -2.25. The van der Waals surface area contributed by atoms with Gasteiger partial charge in [0.15, 0.2) is 0 Å². The first-order valence-corrected chi connectivity index (χ1v) is 22.6. The van der Waals surface area contributed by atoms with Crippen LogP contribution in [0, 0.1) is 43.9 Å². The van der Waals surface area contributed by atoms with Crippen LogP contribution in [0.25, 0.3) is 68.6 Å². The number of anilines is 3. The first-order chi connectivity index (χ1) is 34.8. The van der Waals surface area contributed by atoms with Crippen molar-refractivity contribution in [3.05, 3.63) is 253 Å². The van der Waals surface area contributed by atoms with Gasteiger partial charge in [0.2, 0.25) is 0 Å². The van der Waals surface area contributed by atoms with E-state index in [2.05, 4.69) is 74.9 Å². The molecule has 11 nitrogen and oxygen atoms in total. The molecule has 0 saturated heterocycles. The zero-order valence-electron chi connectivity index (χ0n) is 37.6. The summed E-state index contributed by atoms with van der Waals surface area (Å²) in [4.78, 5) is 42.4. The molecule has 11 rings (SSSR count). The van der Waals surface area contributed by atoms with E-state index in [1.807, 2.05) is 158 Å². The summed E-state index contributed by atoms with van der Waals surface area (Å²) in [6.45, 7) is 0. The van der Waals surface area contributed by atoms with Gasteiger partial charge < -0.3 is 14.9 Å². The summed E-state index contributed by atoms with van der Waals surface area (Å²) in [6.07, 6.45) is 7.72. The SMILES string of the molecule is O=[N+]([O-])c1ccc(C#Cc2c3nc(c(-c4ccccc4)c4nc(c(C#Cc5ccc(N(c6ccccc6)c6ccccc6)cc5)c5ccc([nH]5)c(-c5ccccc5)c5ccc2[nH]5)C=C4)C=C3)c([N+](=O)[O-])c1. The molecule has 8 bridgehead atoms. The average molecular weight is 920 g/mol. The van der Waals surface area contributed by atoms with Gasteiger partial charge in [-0.25, -0.2) is 9.97 Å². The fourth-order valence-corrected chi connectivity index (χ4v) is 8.74. The van der Waals surface area contributed by atoms with Crippen LogP contribution in [0.3, 0.4) is 0 Å². The molecule has 2 aliphatic rings. The van der Waals surface area contributed by atoms with E-state index in [9.17, 15) is 20.2 Å². The smallest absolute Gasteiger partial charge is 0.291 e. The molecule has 336 valence electrons. The van der Waals surface area contributed by atoms with E-state index in [1.165, 1.54) is 12.1 Å². The van der Waals surface area contributed by atoms with Crippen molar-refractivity contribution in [2.75, 3.05) is 4.90 Å². The van der Waals surface area contributed by atoms with Crippen molar-refractivity contribution in [1.29, 1.82) is 0 Å². The maximum Gasteiger partial charge on any atom is 0.291 e. The lowest BCUT2D eigenvalue weighted by molar-refractivity contribution is -0.394. The molecule has 0 spiro atoms. The number of nitro benzene ring substituents is 2. The third kappa shape index (κ3) is 8.73. The Morgan fingerprint density at radius 3 is 1.38 bits per heavy atom. The molecule has 0 saturated carbocycles. The van der Waals surface area contributed by atoms with E-state index in [-0.39, 0.29) is 5.56 Å². The van der Waals surface area contributed by atoms with Crippen molar-refractivity contribution in [2.24, 2.45) is 0 Å². The fourth-order valence-electron chi connectivity index (χ4n) is 8.74. The number of nitrogens with zero attached hydrogens (tertiary/aromatic N) is 5. The number of hydrogen-bond acceptors (Lipinski definition) is 7. The van der Waals surface area contributed by atoms with Gasteiger partial charge in [-0.05, 0) is 114 Å². The Morgan fingerprint density at radius 2 is 0.873 bits per heavy atom. The van der Waals surface area contributed by atoms with Gasteiger partial charge >= 0.3 is 0 Å². The second-order valence-corrected chi connectivity index (χ2v) is 16.5. The van der Waals surface area contributed by atoms with E-state index in [1.54, 1.807) is 0 Å². The highest BCUT2D eigenvalue weighted by Crippen LogP contribution is 2.36. The van der Waals surface area contributed by atoms with Crippen LogP contribution in [-0.2, 0) is 0 Å². The molecule has 0 aliphatic carbocycles. The van der Waals surface area contributed by atoms with Gasteiger partial charge in [-0.3, -0.25) is 20.2 Å². The number of hydrogen-bond donors (Lipinski definition) is 2. The molecular weight excluding hydrogens is 883 g/mol. The van der Waals surface area contributed by atoms with Crippen molar-refractivity contribution in [1.82, 2.24) is 19.9 Å². The molecule has 2 N–H and O–H groups in total. The Balaban J connectivity index is 1.14. The third-order valence-electron chi connectivity index (χ3n) is 12.1. The molecule has 3 aromatic heterocycles. The number of rotatable bonds is 7. The van der Waals surface area contributed by atoms with E-state index >= 15 is 0 Å². The summed E-state index contributed by atoms with van der Waals surface area (Å²) in [7, 11) is 0. The summed E-state index contributed by atoms with van der Waals surface area (Å²) in [5, 5.41) is 23.7. The summed E-state index contributed by atoms with van der Waals surface area (Å²) >= 11 is 0. The third-order valence-corrected chi connectivity index (χ3v) is 12.1. The number of aromatic nitrogens is 4. The highest BCUT2D eigenvalue weighted by atomic mass is 16.6. The van der Waals surface area contributed by atoms with E-state index in [0.29, 0.717) is 39.4 Å². The predicted molar refractivity (Wildman–Crippen MR) is 283 cm³/mol. The Morgan fingerprint density at radius 1 is 0.423 bits per heavy atom.